The Kier molecular flexibility index (Phi) is 5.41. The van der Waals surface area contributed by atoms with Crippen LogP contribution in [0.25, 0.3) is 0 Å². The fourth-order valence-corrected chi connectivity index (χ4v) is 1.64. The topological polar surface area (TPSA) is 160 Å². The number of rotatable bonds is 5. The normalized spacial score (nSPS) is 38.4. The maximum absolute atomic E-state index is 10.7. The van der Waals surface area contributed by atoms with Crippen LogP contribution in [0.15, 0.2) is 0 Å². The second-order valence-corrected chi connectivity index (χ2v) is 3.99. The number of aliphatic carboxylic acids is 1. The quantitative estimate of drug-likeness (QED) is 0.262. The average Bonchev–Trinajstić information content (AvgIpc) is 2.35. The van der Waals surface area contributed by atoms with Crippen LogP contribution in [-0.4, -0.2) is 86.5 Å². The first-order valence-corrected chi connectivity index (χ1v) is 5.32. The van der Waals surface area contributed by atoms with Crippen LogP contribution in [0.4, 0.5) is 0 Å². The van der Waals surface area contributed by atoms with Gasteiger partial charge in [0.15, 0.2) is 0 Å². The molecule has 0 amide bonds. The highest BCUT2D eigenvalue weighted by Crippen LogP contribution is 2.19. The molecule has 1 saturated heterocycles. The number of aliphatic hydroxyl groups excluding tert-OH is 5. The van der Waals surface area contributed by atoms with E-state index in [9.17, 15) is 20.1 Å². The van der Waals surface area contributed by atoms with E-state index in [1.807, 2.05) is 0 Å². The molecule has 1 fully saturated rings. The third kappa shape index (κ3) is 3.14. The minimum Gasteiger partial charge on any atom is -0.480 e. The molecule has 0 saturated carbocycles. The lowest BCUT2D eigenvalue weighted by molar-refractivity contribution is -0.239. The molecule has 0 aliphatic carbocycles. The van der Waals surface area contributed by atoms with E-state index in [-0.39, 0.29) is 0 Å². The smallest absolute Gasteiger partial charge is 0.323 e. The number of nitrogens with one attached hydrogen (secondary N) is 1. The maximum Gasteiger partial charge on any atom is 0.323 e. The molecule has 0 bridgehead atoms. The van der Waals surface area contributed by atoms with Crippen LogP contribution in [0.2, 0.25) is 0 Å². The zero-order valence-electron chi connectivity index (χ0n) is 9.38. The van der Waals surface area contributed by atoms with Crippen LogP contribution in [0, 0.1) is 0 Å². The number of carbonyl (C=O) groups is 1. The molecule has 0 spiro atoms. The van der Waals surface area contributed by atoms with Crippen molar-refractivity contribution in [1.29, 1.82) is 0 Å². The highest BCUT2D eigenvalue weighted by molar-refractivity contribution is 5.73. The van der Waals surface area contributed by atoms with Crippen molar-refractivity contribution in [2.45, 2.75) is 36.7 Å². The second-order valence-electron chi connectivity index (χ2n) is 3.99. The Balaban J connectivity index is 2.72. The molecule has 9 heteroatoms. The summed E-state index contributed by atoms with van der Waals surface area (Å²) in [6.07, 6.45) is -7.15. The molecule has 1 heterocycles. The van der Waals surface area contributed by atoms with Crippen molar-refractivity contribution in [3.05, 3.63) is 0 Å². The first kappa shape index (κ1) is 15.2. The first-order valence-electron chi connectivity index (χ1n) is 5.32. The van der Waals surface area contributed by atoms with Crippen LogP contribution in [0.3, 0.4) is 0 Å². The third-order valence-corrected chi connectivity index (χ3v) is 2.74. The van der Waals surface area contributed by atoms with E-state index in [4.69, 9.17) is 20.1 Å². The molecule has 1 rings (SSSR count). The lowest BCUT2D eigenvalue weighted by atomic mass is 9.98. The summed E-state index contributed by atoms with van der Waals surface area (Å²) in [5.74, 6) is -1.37. The molecule has 106 valence electrons. The van der Waals surface area contributed by atoms with Crippen LogP contribution in [-0.2, 0) is 9.53 Å². The van der Waals surface area contributed by atoms with Gasteiger partial charge in [-0.3, -0.25) is 10.1 Å². The molecule has 0 radical (unpaired) electrons. The molecule has 1 aliphatic heterocycles. The van der Waals surface area contributed by atoms with E-state index < -0.39 is 55.9 Å². The number of hydrogen-bond donors (Lipinski definition) is 7. The summed E-state index contributed by atoms with van der Waals surface area (Å²) < 4.78 is 5.02. The third-order valence-electron chi connectivity index (χ3n) is 2.74. The minimum absolute atomic E-state index is 0.611. The Hall–Kier alpha value is -0.810. The SMILES string of the molecule is O=C(O)C(CO)NC1O[C@H](CO)[C@@H](O)[C@H](O)[C@H]1O. The summed E-state index contributed by atoms with van der Waals surface area (Å²) in [4.78, 5) is 10.7. The molecular weight excluding hydrogens is 250 g/mol. The van der Waals surface area contributed by atoms with Gasteiger partial charge in [0.2, 0.25) is 0 Å². The fourth-order valence-electron chi connectivity index (χ4n) is 1.64. The molecule has 0 aromatic rings. The van der Waals surface area contributed by atoms with Gasteiger partial charge in [0, 0.05) is 0 Å². The Labute approximate surface area is 102 Å². The number of carboxylic acid groups (broad SMARTS) is 1. The van der Waals surface area contributed by atoms with Crippen molar-refractivity contribution in [3.8, 4) is 0 Å². The lowest BCUT2D eigenvalue weighted by Gasteiger charge is -2.40. The standard InChI is InChI=1S/C9H17NO8/c11-1-3(9(16)17)10-8-7(15)6(14)5(13)4(2-12)18-8/h3-8,10-15H,1-2H2,(H,16,17)/t3?,4-,5-,6+,7-,8?/m1/s1. The number of ether oxygens (including phenoxy) is 1. The second kappa shape index (κ2) is 6.38. The predicted octanol–water partition coefficient (Wildman–Crippen LogP) is -4.18. The molecule has 0 aromatic carbocycles. The van der Waals surface area contributed by atoms with E-state index >= 15 is 0 Å². The summed E-state index contributed by atoms with van der Waals surface area (Å²) in [6.45, 7) is -1.36. The van der Waals surface area contributed by atoms with Crippen molar-refractivity contribution in [2.24, 2.45) is 0 Å². The highest BCUT2D eigenvalue weighted by atomic mass is 16.6. The number of aliphatic hydroxyl groups is 5. The molecule has 2 unspecified atom stereocenters. The molecule has 7 N–H and O–H groups in total. The van der Waals surface area contributed by atoms with E-state index in [1.54, 1.807) is 0 Å². The molecule has 9 nitrogen and oxygen atoms in total. The van der Waals surface area contributed by atoms with Crippen molar-refractivity contribution in [2.75, 3.05) is 13.2 Å². The van der Waals surface area contributed by atoms with E-state index in [0.29, 0.717) is 0 Å². The Morgan fingerprint density at radius 2 is 1.78 bits per heavy atom. The van der Waals surface area contributed by atoms with Crippen molar-refractivity contribution >= 4 is 5.97 Å². The number of hydrogen-bond acceptors (Lipinski definition) is 8. The van der Waals surface area contributed by atoms with E-state index in [1.165, 1.54) is 0 Å². The van der Waals surface area contributed by atoms with Gasteiger partial charge in [-0.25, -0.2) is 0 Å². The fraction of sp³-hybridized carbons (Fsp3) is 0.889. The van der Waals surface area contributed by atoms with Crippen molar-refractivity contribution in [3.63, 3.8) is 0 Å². The number of carboxylic acids is 1. The molecule has 0 aromatic heterocycles. The molecule has 18 heavy (non-hydrogen) atoms. The van der Waals surface area contributed by atoms with Crippen molar-refractivity contribution < 1.29 is 40.2 Å². The van der Waals surface area contributed by atoms with Crippen LogP contribution in [0.5, 0.6) is 0 Å². The Bertz CT molecular complexity index is 286. The van der Waals surface area contributed by atoms with Gasteiger partial charge in [-0.2, -0.15) is 0 Å². The highest BCUT2D eigenvalue weighted by Gasteiger charge is 2.44. The Morgan fingerprint density at radius 1 is 1.17 bits per heavy atom. The van der Waals surface area contributed by atoms with Crippen LogP contribution < -0.4 is 5.32 Å². The van der Waals surface area contributed by atoms with Gasteiger partial charge >= 0.3 is 5.97 Å². The first-order chi connectivity index (χ1) is 8.42. The summed E-state index contributed by atoms with van der Waals surface area (Å²) in [6, 6.07) is -1.40. The predicted molar refractivity (Wildman–Crippen MR) is 55.4 cm³/mol. The summed E-state index contributed by atoms with van der Waals surface area (Å²) >= 11 is 0. The molecule has 1 aliphatic rings. The van der Waals surface area contributed by atoms with Crippen LogP contribution >= 0.6 is 0 Å². The summed E-state index contributed by atoms with van der Waals surface area (Å²) in [5, 5.41) is 57.2. The largest absolute Gasteiger partial charge is 0.480 e. The molecular formula is C9H17NO8. The van der Waals surface area contributed by atoms with Gasteiger partial charge in [-0.15, -0.1) is 0 Å². The minimum atomic E-state index is -1.60. The zero-order valence-corrected chi connectivity index (χ0v) is 9.38. The van der Waals surface area contributed by atoms with Gasteiger partial charge < -0.3 is 35.4 Å². The summed E-state index contributed by atoms with van der Waals surface area (Å²) in [7, 11) is 0. The van der Waals surface area contributed by atoms with Crippen molar-refractivity contribution in [1.82, 2.24) is 5.32 Å². The lowest BCUT2D eigenvalue weighted by Crippen LogP contribution is -2.64. The van der Waals surface area contributed by atoms with Gasteiger partial charge in [-0.05, 0) is 0 Å². The van der Waals surface area contributed by atoms with Gasteiger partial charge in [0.1, 0.15) is 36.7 Å². The zero-order chi connectivity index (χ0) is 13.9. The summed E-state index contributed by atoms with van der Waals surface area (Å²) in [5.41, 5.74) is 0. The monoisotopic (exact) mass is 267 g/mol. The van der Waals surface area contributed by atoms with Gasteiger partial charge in [0.25, 0.3) is 0 Å². The van der Waals surface area contributed by atoms with Crippen LogP contribution in [0.1, 0.15) is 0 Å². The van der Waals surface area contributed by atoms with Gasteiger partial charge in [-0.1, -0.05) is 0 Å². The average molecular weight is 267 g/mol. The molecule has 6 atom stereocenters. The van der Waals surface area contributed by atoms with Gasteiger partial charge in [0.05, 0.1) is 13.2 Å². The van der Waals surface area contributed by atoms with E-state index in [2.05, 4.69) is 5.32 Å². The maximum atomic E-state index is 10.7. The van der Waals surface area contributed by atoms with E-state index in [0.717, 1.165) is 0 Å². The Morgan fingerprint density at radius 3 is 2.22 bits per heavy atom.